The van der Waals surface area contributed by atoms with Gasteiger partial charge in [-0.3, -0.25) is 9.59 Å². The van der Waals surface area contributed by atoms with Gasteiger partial charge in [0.15, 0.2) is 0 Å². The molecule has 2 saturated heterocycles. The van der Waals surface area contributed by atoms with Crippen LogP contribution in [0.1, 0.15) is 56.6 Å². The SMILES string of the molecule is CC(C)CC(=O)N1CCC2(CCN(C(=O)C3CCc4cccc(Cl)c43)C2)C1. The van der Waals surface area contributed by atoms with Crippen LogP contribution in [0.25, 0.3) is 0 Å². The molecule has 0 saturated carbocycles. The number of carbonyl (C=O) groups is 2. The predicted molar refractivity (Wildman–Crippen MR) is 107 cm³/mol. The van der Waals surface area contributed by atoms with Crippen LogP contribution < -0.4 is 0 Å². The normalized spacial score (nSPS) is 27.0. The summed E-state index contributed by atoms with van der Waals surface area (Å²) in [5, 5.41) is 0.726. The molecular weight excluding hydrogens is 360 g/mol. The summed E-state index contributed by atoms with van der Waals surface area (Å²) in [6.07, 6.45) is 4.44. The van der Waals surface area contributed by atoms with Gasteiger partial charge in [-0.25, -0.2) is 0 Å². The van der Waals surface area contributed by atoms with Gasteiger partial charge in [-0.2, -0.15) is 0 Å². The maximum absolute atomic E-state index is 13.3. The Morgan fingerprint density at radius 1 is 1.19 bits per heavy atom. The van der Waals surface area contributed by atoms with Gasteiger partial charge in [0.2, 0.25) is 11.8 Å². The second kappa shape index (κ2) is 7.12. The number of benzene rings is 1. The highest BCUT2D eigenvalue weighted by atomic mass is 35.5. The maximum atomic E-state index is 13.3. The Bertz CT molecular complexity index is 763. The number of fused-ring (bicyclic) bond motifs is 1. The lowest BCUT2D eigenvalue weighted by atomic mass is 9.86. The van der Waals surface area contributed by atoms with Crippen LogP contribution in [0.15, 0.2) is 18.2 Å². The Labute approximate surface area is 166 Å². The number of nitrogens with zero attached hydrogens (tertiary/aromatic N) is 2. The third-order valence-corrected chi connectivity index (χ3v) is 6.95. The van der Waals surface area contributed by atoms with Crippen molar-refractivity contribution in [2.45, 2.75) is 51.9 Å². The van der Waals surface area contributed by atoms with Gasteiger partial charge in [0.05, 0.1) is 5.92 Å². The van der Waals surface area contributed by atoms with Gasteiger partial charge in [0.25, 0.3) is 0 Å². The van der Waals surface area contributed by atoms with E-state index in [1.807, 2.05) is 21.9 Å². The fraction of sp³-hybridized carbons (Fsp3) is 0.636. The third-order valence-electron chi connectivity index (χ3n) is 6.62. The first kappa shape index (κ1) is 18.8. The molecule has 2 amide bonds. The number of carbonyl (C=O) groups excluding carboxylic acids is 2. The van der Waals surface area contributed by atoms with Gasteiger partial charge in [0.1, 0.15) is 0 Å². The molecule has 0 bridgehead atoms. The minimum Gasteiger partial charge on any atom is -0.342 e. The van der Waals surface area contributed by atoms with Crippen LogP contribution in [0.4, 0.5) is 0 Å². The van der Waals surface area contributed by atoms with Gasteiger partial charge in [-0.05, 0) is 48.8 Å². The third kappa shape index (κ3) is 3.49. The molecule has 146 valence electrons. The average molecular weight is 389 g/mol. The quantitative estimate of drug-likeness (QED) is 0.788. The first-order chi connectivity index (χ1) is 12.9. The highest BCUT2D eigenvalue weighted by Gasteiger charge is 2.47. The van der Waals surface area contributed by atoms with Crippen molar-refractivity contribution < 1.29 is 9.59 Å². The van der Waals surface area contributed by atoms with Gasteiger partial charge in [-0.1, -0.05) is 37.6 Å². The second-order valence-corrected chi connectivity index (χ2v) is 9.48. The van der Waals surface area contributed by atoms with E-state index in [9.17, 15) is 9.59 Å². The zero-order valence-corrected chi connectivity index (χ0v) is 17.1. The van der Waals surface area contributed by atoms with E-state index < -0.39 is 0 Å². The van der Waals surface area contributed by atoms with E-state index >= 15 is 0 Å². The summed E-state index contributed by atoms with van der Waals surface area (Å²) in [6.45, 7) is 7.42. The molecule has 4 nitrogen and oxygen atoms in total. The Morgan fingerprint density at radius 3 is 2.63 bits per heavy atom. The number of halogens is 1. The molecule has 2 unspecified atom stereocenters. The molecular formula is C22H29ClN2O2. The Hall–Kier alpha value is -1.55. The van der Waals surface area contributed by atoms with Crippen molar-refractivity contribution in [3.63, 3.8) is 0 Å². The fourth-order valence-corrected chi connectivity index (χ4v) is 5.51. The summed E-state index contributed by atoms with van der Waals surface area (Å²) in [6, 6.07) is 5.96. The molecule has 1 spiro atoms. The molecule has 0 aromatic heterocycles. The van der Waals surface area contributed by atoms with E-state index in [0.29, 0.717) is 12.3 Å². The van der Waals surface area contributed by atoms with Crippen LogP contribution in [-0.4, -0.2) is 47.8 Å². The van der Waals surface area contributed by atoms with Crippen LogP contribution in [0, 0.1) is 11.3 Å². The van der Waals surface area contributed by atoms with Crippen LogP contribution >= 0.6 is 11.6 Å². The molecule has 1 aliphatic carbocycles. The minimum atomic E-state index is -0.0936. The summed E-state index contributed by atoms with van der Waals surface area (Å²) >= 11 is 6.42. The topological polar surface area (TPSA) is 40.6 Å². The van der Waals surface area contributed by atoms with E-state index in [1.165, 1.54) is 5.56 Å². The number of rotatable bonds is 3. The highest BCUT2D eigenvalue weighted by molar-refractivity contribution is 6.31. The summed E-state index contributed by atoms with van der Waals surface area (Å²) in [5.74, 6) is 0.792. The number of hydrogen-bond donors (Lipinski definition) is 0. The zero-order chi connectivity index (χ0) is 19.2. The first-order valence-corrected chi connectivity index (χ1v) is 10.6. The standard InChI is InChI=1S/C22H29ClN2O2/c1-15(2)12-19(26)24-10-8-22(13-24)9-11-25(14-22)21(27)17-7-6-16-4-3-5-18(23)20(16)17/h3-5,15,17H,6-14H2,1-2H3. The van der Waals surface area contributed by atoms with Crippen LogP contribution in [-0.2, 0) is 16.0 Å². The number of aryl methyl sites for hydroxylation is 1. The van der Waals surface area contributed by atoms with E-state index in [-0.39, 0.29) is 23.1 Å². The largest absolute Gasteiger partial charge is 0.342 e. The second-order valence-electron chi connectivity index (χ2n) is 9.08. The van der Waals surface area contributed by atoms with Crippen molar-refractivity contribution in [2.24, 2.45) is 11.3 Å². The van der Waals surface area contributed by atoms with Crippen LogP contribution in [0.5, 0.6) is 0 Å². The maximum Gasteiger partial charge on any atom is 0.230 e. The van der Waals surface area contributed by atoms with Crippen molar-refractivity contribution in [3.8, 4) is 0 Å². The number of hydrogen-bond acceptors (Lipinski definition) is 2. The first-order valence-electron chi connectivity index (χ1n) is 10.2. The van der Waals surface area contributed by atoms with Crippen molar-refractivity contribution in [1.82, 2.24) is 9.80 Å². The fourth-order valence-electron chi connectivity index (χ4n) is 5.18. The molecule has 5 heteroatoms. The Balaban J connectivity index is 1.42. The number of likely N-dealkylation sites (tertiary alicyclic amines) is 2. The lowest BCUT2D eigenvalue weighted by Crippen LogP contribution is -2.37. The molecule has 0 radical (unpaired) electrons. The molecule has 27 heavy (non-hydrogen) atoms. The summed E-state index contributed by atoms with van der Waals surface area (Å²) in [4.78, 5) is 29.7. The van der Waals surface area contributed by atoms with E-state index in [4.69, 9.17) is 11.6 Å². The van der Waals surface area contributed by atoms with Crippen molar-refractivity contribution >= 4 is 23.4 Å². The molecule has 2 fully saturated rings. The van der Waals surface area contributed by atoms with E-state index in [0.717, 1.165) is 62.4 Å². The summed E-state index contributed by atoms with van der Waals surface area (Å²) < 4.78 is 0. The van der Waals surface area contributed by atoms with Crippen molar-refractivity contribution in [3.05, 3.63) is 34.3 Å². The van der Waals surface area contributed by atoms with Gasteiger partial charge < -0.3 is 9.80 Å². The summed E-state index contributed by atoms with van der Waals surface area (Å²) in [7, 11) is 0. The zero-order valence-electron chi connectivity index (χ0n) is 16.3. The molecule has 2 aliphatic heterocycles. The smallest absolute Gasteiger partial charge is 0.230 e. The van der Waals surface area contributed by atoms with E-state index in [2.05, 4.69) is 19.9 Å². The average Bonchev–Trinajstić information content (AvgIpc) is 3.34. The summed E-state index contributed by atoms with van der Waals surface area (Å²) in [5.41, 5.74) is 2.37. The molecule has 3 aliphatic rings. The highest BCUT2D eigenvalue weighted by Crippen LogP contribution is 2.43. The van der Waals surface area contributed by atoms with Crippen molar-refractivity contribution in [1.29, 1.82) is 0 Å². The van der Waals surface area contributed by atoms with Crippen molar-refractivity contribution in [2.75, 3.05) is 26.2 Å². The Kier molecular flexibility index (Phi) is 4.96. The molecule has 0 N–H and O–H groups in total. The Morgan fingerprint density at radius 2 is 1.89 bits per heavy atom. The molecule has 4 rings (SSSR count). The number of amides is 2. The molecule has 1 aromatic carbocycles. The molecule has 1 aromatic rings. The molecule has 2 heterocycles. The van der Waals surface area contributed by atoms with Crippen LogP contribution in [0.3, 0.4) is 0 Å². The lowest BCUT2D eigenvalue weighted by Gasteiger charge is -2.26. The molecule has 2 atom stereocenters. The minimum absolute atomic E-state index is 0.0936. The predicted octanol–water partition coefficient (Wildman–Crippen LogP) is 3.87. The van der Waals surface area contributed by atoms with Gasteiger partial charge in [-0.15, -0.1) is 0 Å². The lowest BCUT2D eigenvalue weighted by molar-refractivity contribution is -0.132. The monoisotopic (exact) mass is 388 g/mol. The van der Waals surface area contributed by atoms with Gasteiger partial charge >= 0.3 is 0 Å². The van der Waals surface area contributed by atoms with E-state index in [1.54, 1.807) is 0 Å². The van der Waals surface area contributed by atoms with Crippen LogP contribution in [0.2, 0.25) is 5.02 Å². The van der Waals surface area contributed by atoms with Gasteiger partial charge in [0, 0.05) is 43.0 Å².